The molecule has 1 heterocycles. The number of rotatable bonds is 4. The fourth-order valence-electron chi connectivity index (χ4n) is 1.63. The van der Waals surface area contributed by atoms with Crippen molar-refractivity contribution in [2.45, 2.75) is 20.1 Å². The van der Waals surface area contributed by atoms with Crippen molar-refractivity contribution in [1.82, 2.24) is 10.5 Å². The number of amides is 1. The van der Waals surface area contributed by atoms with Crippen LogP contribution in [0.15, 0.2) is 35.0 Å². The Balaban J connectivity index is 1.99. The third kappa shape index (κ3) is 2.75. The molecule has 0 aliphatic rings. The van der Waals surface area contributed by atoms with E-state index in [4.69, 9.17) is 9.63 Å². The Kier molecular flexibility index (Phi) is 3.74. The predicted molar refractivity (Wildman–Crippen MR) is 64.8 cm³/mol. The zero-order valence-electron chi connectivity index (χ0n) is 10.0. The number of carbonyl (C=O) groups is 1. The molecule has 94 valence electrons. The highest BCUT2D eigenvalue weighted by Gasteiger charge is 2.12. The van der Waals surface area contributed by atoms with Crippen LogP contribution in [0, 0.1) is 6.92 Å². The molecule has 2 rings (SSSR count). The maximum atomic E-state index is 11.8. The molecule has 5 heteroatoms. The van der Waals surface area contributed by atoms with Gasteiger partial charge in [-0.05, 0) is 18.1 Å². The molecule has 0 unspecified atom stereocenters. The van der Waals surface area contributed by atoms with Gasteiger partial charge < -0.3 is 14.9 Å². The third-order valence-electron chi connectivity index (χ3n) is 2.62. The maximum absolute atomic E-state index is 11.8. The summed E-state index contributed by atoms with van der Waals surface area (Å²) in [5.41, 5.74) is 2.19. The van der Waals surface area contributed by atoms with Gasteiger partial charge in [-0.25, -0.2) is 0 Å². The summed E-state index contributed by atoms with van der Waals surface area (Å²) in [4.78, 5) is 11.8. The standard InChI is InChI=1S/C13H14N2O3/c1-9-12(7-15-18-9)13(17)14-6-10-3-2-4-11(5-10)8-16/h2-5,7,16H,6,8H2,1H3,(H,14,17). The second kappa shape index (κ2) is 5.46. The van der Waals surface area contributed by atoms with Crippen LogP contribution in [-0.2, 0) is 13.2 Å². The Labute approximate surface area is 104 Å². The molecule has 0 radical (unpaired) electrons. The van der Waals surface area contributed by atoms with Gasteiger partial charge in [0.2, 0.25) is 0 Å². The number of aromatic nitrogens is 1. The van der Waals surface area contributed by atoms with Crippen LogP contribution in [0.3, 0.4) is 0 Å². The molecule has 0 atom stereocenters. The van der Waals surface area contributed by atoms with Gasteiger partial charge >= 0.3 is 0 Å². The van der Waals surface area contributed by atoms with Gasteiger partial charge in [-0.15, -0.1) is 0 Å². The zero-order chi connectivity index (χ0) is 13.0. The highest BCUT2D eigenvalue weighted by Crippen LogP contribution is 2.08. The number of hydrogen-bond acceptors (Lipinski definition) is 4. The Morgan fingerprint density at radius 3 is 2.89 bits per heavy atom. The van der Waals surface area contributed by atoms with Crippen molar-refractivity contribution in [3.05, 3.63) is 52.9 Å². The monoisotopic (exact) mass is 246 g/mol. The van der Waals surface area contributed by atoms with Crippen LogP contribution in [0.4, 0.5) is 0 Å². The van der Waals surface area contributed by atoms with Gasteiger partial charge in [0.1, 0.15) is 11.3 Å². The summed E-state index contributed by atoms with van der Waals surface area (Å²) in [5, 5.41) is 15.3. The van der Waals surface area contributed by atoms with Crippen LogP contribution >= 0.6 is 0 Å². The van der Waals surface area contributed by atoms with Gasteiger partial charge in [0.15, 0.2) is 0 Å². The molecule has 0 spiro atoms. The molecule has 1 aromatic heterocycles. The number of benzene rings is 1. The van der Waals surface area contributed by atoms with Gasteiger partial charge in [-0.1, -0.05) is 29.4 Å². The molecule has 1 aromatic carbocycles. The van der Waals surface area contributed by atoms with Crippen molar-refractivity contribution in [3.8, 4) is 0 Å². The second-order valence-electron chi connectivity index (χ2n) is 3.96. The van der Waals surface area contributed by atoms with Crippen molar-refractivity contribution >= 4 is 5.91 Å². The Morgan fingerprint density at radius 2 is 2.22 bits per heavy atom. The van der Waals surface area contributed by atoms with Crippen LogP contribution < -0.4 is 5.32 Å². The van der Waals surface area contributed by atoms with E-state index in [1.807, 2.05) is 24.3 Å². The summed E-state index contributed by atoms with van der Waals surface area (Å²) in [6.45, 7) is 2.08. The lowest BCUT2D eigenvalue weighted by molar-refractivity contribution is 0.0949. The molecule has 0 bridgehead atoms. The minimum absolute atomic E-state index is 0.00740. The summed E-state index contributed by atoms with van der Waals surface area (Å²) >= 11 is 0. The van der Waals surface area contributed by atoms with E-state index in [1.165, 1.54) is 6.20 Å². The van der Waals surface area contributed by atoms with E-state index < -0.39 is 0 Å². The number of hydrogen-bond donors (Lipinski definition) is 2. The molecule has 18 heavy (non-hydrogen) atoms. The molecule has 0 saturated heterocycles. The first-order valence-electron chi connectivity index (χ1n) is 5.59. The Hall–Kier alpha value is -2.14. The summed E-state index contributed by atoms with van der Waals surface area (Å²) in [7, 11) is 0. The number of nitrogens with zero attached hydrogens (tertiary/aromatic N) is 1. The molecule has 0 saturated carbocycles. The van der Waals surface area contributed by atoms with E-state index in [0.717, 1.165) is 11.1 Å². The number of aliphatic hydroxyl groups excluding tert-OH is 1. The molecule has 0 fully saturated rings. The average molecular weight is 246 g/mol. The highest BCUT2D eigenvalue weighted by molar-refractivity contribution is 5.94. The van der Waals surface area contributed by atoms with E-state index in [9.17, 15) is 4.79 Å². The summed E-state index contributed by atoms with van der Waals surface area (Å²) in [5.74, 6) is 0.278. The van der Waals surface area contributed by atoms with E-state index in [-0.39, 0.29) is 12.5 Å². The molecule has 2 N–H and O–H groups in total. The van der Waals surface area contributed by atoms with Gasteiger partial charge in [-0.2, -0.15) is 0 Å². The van der Waals surface area contributed by atoms with Crippen LogP contribution in [0.2, 0.25) is 0 Å². The minimum Gasteiger partial charge on any atom is -0.392 e. The van der Waals surface area contributed by atoms with Crippen LogP contribution in [0.5, 0.6) is 0 Å². The summed E-state index contributed by atoms with van der Waals surface area (Å²) < 4.78 is 4.83. The Bertz CT molecular complexity index is 549. The normalized spacial score (nSPS) is 10.3. The lowest BCUT2D eigenvalue weighted by Crippen LogP contribution is -2.23. The first-order valence-corrected chi connectivity index (χ1v) is 5.59. The van der Waals surface area contributed by atoms with Crippen molar-refractivity contribution in [1.29, 1.82) is 0 Å². The summed E-state index contributed by atoms with van der Waals surface area (Å²) in [6.07, 6.45) is 1.40. The smallest absolute Gasteiger partial charge is 0.256 e. The van der Waals surface area contributed by atoms with Crippen LogP contribution in [0.25, 0.3) is 0 Å². The quantitative estimate of drug-likeness (QED) is 0.855. The fourth-order valence-corrected chi connectivity index (χ4v) is 1.63. The lowest BCUT2D eigenvalue weighted by atomic mass is 10.1. The fraction of sp³-hybridized carbons (Fsp3) is 0.231. The van der Waals surface area contributed by atoms with Gasteiger partial charge in [0, 0.05) is 6.54 Å². The first kappa shape index (κ1) is 12.3. The number of carbonyl (C=O) groups excluding carboxylic acids is 1. The minimum atomic E-state index is -0.219. The van der Waals surface area contributed by atoms with Gasteiger partial charge in [0.25, 0.3) is 5.91 Å². The van der Waals surface area contributed by atoms with Crippen molar-refractivity contribution in [2.24, 2.45) is 0 Å². The lowest BCUT2D eigenvalue weighted by Gasteiger charge is -2.05. The van der Waals surface area contributed by atoms with E-state index in [2.05, 4.69) is 10.5 Å². The van der Waals surface area contributed by atoms with Gasteiger partial charge in [-0.3, -0.25) is 4.79 Å². The first-order chi connectivity index (χ1) is 8.70. The van der Waals surface area contributed by atoms with Crippen molar-refractivity contribution in [2.75, 3.05) is 0 Å². The molecule has 0 aliphatic carbocycles. The molecular weight excluding hydrogens is 232 g/mol. The molecule has 2 aromatic rings. The van der Waals surface area contributed by atoms with E-state index in [1.54, 1.807) is 6.92 Å². The van der Waals surface area contributed by atoms with Gasteiger partial charge in [0.05, 0.1) is 12.8 Å². The van der Waals surface area contributed by atoms with Crippen molar-refractivity contribution < 1.29 is 14.4 Å². The topological polar surface area (TPSA) is 75.4 Å². The SMILES string of the molecule is Cc1oncc1C(=O)NCc1cccc(CO)c1. The predicted octanol–water partition coefficient (Wildman–Crippen LogP) is 1.41. The van der Waals surface area contributed by atoms with Crippen LogP contribution in [0.1, 0.15) is 27.2 Å². The van der Waals surface area contributed by atoms with E-state index >= 15 is 0 Å². The molecule has 0 aliphatic heterocycles. The number of nitrogens with one attached hydrogen (secondary N) is 1. The van der Waals surface area contributed by atoms with Crippen molar-refractivity contribution in [3.63, 3.8) is 0 Å². The second-order valence-corrected chi connectivity index (χ2v) is 3.96. The molecule has 5 nitrogen and oxygen atoms in total. The highest BCUT2D eigenvalue weighted by atomic mass is 16.5. The molecular formula is C13H14N2O3. The number of aliphatic hydroxyl groups is 1. The third-order valence-corrected chi connectivity index (χ3v) is 2.62. The van der Waals surface area contributed by atoms with Crippen LogP contribution in [-0.4, -0.2) is 16.2 Å². The summed E-state index contributed by atoms with van der Waals surface area (Å²) in [6, 6.07) is 7.41. The zero-order valence-corrected chi connectivity index (χ0v) is 10.0. The largest absolute Gasteiger partial charge is 0.392 e. The Morgan fingerprint density at radius 1 is 1.44 bits per heavy atom. The molecule has 1 amide bonds. The average Bonchev–Trinajstić information content (AvgIpc) is 2.82. The maximum Gasteiger partial charge on any atom is 0.256 e. The van der Waals surface area contributed by atoms with E-state index in [0.29, 0.717) is 17.9 Å². The number of aryl methyl sites for hydroxylation is 1.